The molecule has 1 aliphatic carbocycles. The molecule has 1 heterocycles. The van der Waals surface area contributed by atoms with Crippen molar-refractivity contribution in [2.45, 2.75) is 18.9 Å². The fourth-order valence-corrected chi connectivity index (χ4v) is 1.53. The minimum atomic E-state index is 0. The summed E-state index contributed by atoms with van der Waals surface area (Å²) in [5.74, 6) is 0. The molecule has 0 amide bonds. The Bertz CT molecular complexity index is 114. The van der Waals surface area contributed by atoms with Crippen LogP contribution < -0.4 is 11.1 Å². The van der Waals surface area contributed by atoms with E-state index in [1.165, 1.54) is 19.4 Å². The van der Waals surface area contributed by atoms with Gasteiger partial charge in [-0.1, -0.05) is 0 Å². The van der Waals surface area contributed by atoms with Crippen molar-refractivity contribution < 1.29 is 0 Å². The number of hydrogen-bond acceptors (Lipinski definition) is 2. The third-order valence-electron chi connectivity index (χ3n) is 2.52. The first-order valence-electron chi connectivity index (χ1n) is 3.30. The van der Waals surface area contributed by atoms with Gasteiger partial charge in [-0.15, -0.1) is 24.8 Å². The van der Waals surface area contributed by atoms with E-state index in [1.54, 1.807) is 0 Å². The smallest absolute Gasteiger partial charge is 0.0234 e. The predicted molar refractivity (Wildman–Crippen MR) is 47.0 cm³/mol. The van der Waals surface area contributed by atoms with E-state index in [4.69, 9.17) is 5.73 Å². The third kappa shape index (κ3) is 1.40. The zero-order valence-electron chi connectivity index (χ0n) is 5.80. The first kappa shape index (κ1) is 10.5. The maximum Gasteiger partial charge on any atom is 0.0234 e. The second kappa shape index (κ2) is 3.26. The Morgan fingerprint density at radius 3 is 2.10 bits per heavy atom. The third-order valence-corrected chi connectivity index (χ3v) is 2.52. The van der Waals surface area contributed by atoms with Crippen LogP contribution in [0, 0.1) is 5.41 Å². The highest BCUT2D eigenvalue weighted by Gasteiger charge is 2.50. The normalized spacial score (nSPS) is 32.7. The van der Waals surface area contributed by atoms with Crippen LogP contribution in [-0.2, 0) is 0 Å². The standard InChI is InChI=1S/C6H12N2.2ClH/c7-5-3-8-4-6(5)1-2-6;;/h5,8H,1-4,7H2;2*1H/t5-;;/m1../s1. The first-order valence-corrected chi connectivity index (χ1v) is 3.30. The highest BCUT2D eigenvalue weighted by Crippen LogP contribution is 2.49. The molecule has 0 unspecified atom stereocenters. The van der Waals surface area contributed by atoms with Gasteiger partial charge >= 0.3 is 0 Å². The maximum atomic E-state index is 5.81. The largest absolute Gasteiger partial charge is 0.326 e. The number of nitrogens with two attached hydrogens (primary N) is 1. The summed E-state index contributed by atoms with van der Waals surface area (Å²) in [6.07, 6.45) is 2.72. The molecular formula is C6H14Cl2N2. The molecule has 10 heavy (non-hydrogen) atoms. The Morgan fingerprint density at radius 2 is 1.90 bits per heavy atom. The van der Waals surface area contributed by atoms with Crippen LogP contribution in [0.15, 0.2) is 0 Å². The second-order valence-corrected chi connectivity index (χ2v) is 3.10. The van der Waals surface area contributed by atoms with Gasteiger partial charge in [0.2, 0.25) is 0 Å². The molecule has 3 N–H and O–H groups in total. The van der Waals surface area contributed by atoms with Crippen LogP contribution >= 0.6 is 24.8 Å². The summed E-state index contributed by atoms with van der Waals surface area (Å²) in [4.78, 5) is 0. The molecule has 0 radical (unpaired) electrons. The number of rotatable bonds is 0. The van der Waals surface area contributed by atoms with Gasteiger partial charge in [-0.25, -0.2) is 0 Å². The molecule has 0 bridgehead atoms. The van der Waals surface area contributed by atoms with Crippen LogP contribution in [0.4, 0.5) is 0 Å². The lowest BCUT2D eigenvalue weighted by Crippen LogP contribution is -2.29. The zero-order chi connectivity index (χ0) is 5.61. The molecule has 4 heteroatoms. The van der Waals surface area contributed by atoms with Gasteiger partial charge in [0.25, 0.3) is 0 Å². The molecule has 2 rings (SSSR count). The summed E-state index contributed by atoms with van der Waals surface area (Å²) in [6, 6.07) is 0.461. The summed E-state index contributed by atoms with van der Waals surface area (Å²) in [5.41, 5.74) is 6.38. The lowest BCUT2D eigenvalue weighted by molar-refractivity contribution is 0.498. The van der Waals surface area contributed by atoms with Gasteiger partial charge in [-0.05, 0) is 18.3 Å². The molecule has 1 saturated heterocycles. The van der Waals surface area contributed by atoms with Gasteiger partial charge in [-0.3, -0.25) is 0 Å². The summed E-state index contributed by atoms with van der Waals surface area (Å²) in [5, 5.41) is 3.30. The summed E-state index contributed by atoms with van der Waals surface area (Å²) in [6.45, 7) is 2.22. The van der Waals surface area contributed by atoms with E-state index < -0.39 is 0 Å². The SMILES string of the molecule is Cl.Cl.N[C@@H]1CNCC12CC2. The molecule has 2 aliphatic rings. The van der Waals surface area contributed by atoms with Gasteiger partial charge in [0.1, 0.15) is 0 Å². The summed E-state index contributed by atoms with van der Waals surface area (Å²) in [7, 11) is 0. The Kier molecular flexibility index (Phi) is 3.43. The van der Waals surface area contributed by atoms with Gasteiger partial charge in [0.15, 0.2) is 0 Å². The topological polar surface area (TPSA) is 38.0 Å². The van der Waals surface area contributed by atoms with Crippen molar-refractivity contribution in [3.8, 4) is 0 Å². The van der Waals surface area contributed by atoms with Crippen LogP contribution in [0.3, 0.4) is 0 Å². The summed E-state index contributed by atoms with van der Waals surface area (Å²) >= 11 is 0. The fourth-order valence-electron chi connectivity index (χ4n) is 1.53. The van der Waals surface area contributed by atoms with E-state index in [9.17, 15) is 0 Å². The number of nitrogens with one attached hydrogen (secondary N) is 1. The predicted octanol–water partition coefficient (Wildman–Crippen LogP) is 0.541. The molecule has 0 aromatic rings. The molecule has 2 fully saturated rings. The van der Waals surface area contributed by atoms with Crippen molar-refractivity contribution >= 4 is 24.8 Å². The van der Waals surface area contributed by atoms with E-state index in [0.29, 0.717) is 11.5 Å². The van der Waals surface area contributed by atoms with E-state index in [1.807, 2.05) is 0 Å². The average molecular weight is 185 g/mol. The van der Waals surface area contributed by atoms with E-state index in [0.717, 1.165) is 6.54 Å². The van der Waals surface area contributed by atoms with Crippen LogP contribution in [0.25, 0.3) is 0 Å². The molecule has 0 aromatic carbocycles. The van der Waals surface area contributed by atoms with Crippen LogP contribution in [-0.4, -0.2) is 19.1 Å². The Morgan fingerprint density at radius 1 is 1.30 bits per heavy atom. The molecule has 62 valence electrons. The monoisotopic (exact) mass is 184 g/mol. The molecular weight excluding hydrogens is 171 g/mol. The average Bonchev–Trinajstić information content (AvgIpc) is 2.39. The van der Waals surface area contributed by atoms with Crippen LogP contribution in [0.2, 0.25) is 0 Å². The lowest BCUT2D eigenvalue weighted by atomic mass is 10.0. The minimum Gasteiger partial charge on any atom is -0.326 e. The number of hydrogen-bond donors (Lipinski definition) is 2. The Balaban J connectivity index is 0.000000405. The van der Waals surface area contributed by atoms with Crippen LogP contribution in [0.1, 0.15) is 12.8 Å². The van der Waals surface area contributed by atoms with Crippen molar-refractivity contribution in [2.24, 2.45) is 11.1 Å². The molecule has 2 nitrogen and oxygen atoms in total. The van der Waals surface area contributed by atoms with Gasteiger partial charge < -0.3 is 11.1 Å². The first-order chi connectivity index (χ1) is 3.83. The maximum absolute atomic E-state index is 5.81. The zero-order valence-corrected chi connectivity index (χ0v) is 7.43. The molecule has 1 atom stereocenters. The molecule has 1 spiro atoms. The van der Waals surface area contributed by atoms with Gasteiger partial charge in [0.05, 0.1) is 0 Å². The van der Waals surface area contributed by atoms with Crippen molar-refractivity contribution in [2.75, 3.05) is 13.1 Å². The van der Waals surface area contributed by atoms with Gasteiger partial charge in [0, 0.05) is 19.1 Å². The highest BCUT2D eigenvalue weighted by atomic mass is 35.5. The second-order valence-electron chi connectivity index (χ2n) is 3.10. The van der Waals surface area contributed by atoms with Crippen molar-refractivity contribution in [1.29, 1.82) is 0 Å². The number of halogens is 2. The summed E-state index contributed by atoms with van der Waals surface area (Å²) < 4.78 is 0. The fraction of sp³-hybridized carbons (Fsp3) is 1.00. The molecule has 1 aliphatic heterocycles. The van der Waals surface area contributed by atoms with Crippen molar-refractivity contribution in [3.63, 3.8) is 0 Å². The van der Waals surface area contributed by atoms with E-state index in [-0.39, 0.29) is 24.8 Å². The van der Waals surface area contributed by atoms with E-state index in [2.05, 4.69) is 5.32 Å². The van der Waals surface area contributed by atoms with Crippen LogP contribution in [0.5, 0.6) is 0 Å². The quantitative estimate of drug-likeness (QED) is 0.578. The highest BCUT2D eigenvalue weighted by molar-refractivity contribution is 5.85. The van der Waals surface area contributed by atoms with Crippen molar-refractivity contribution in [3.05, 3.63) is 0 Å². The van der Waals surface area contributed by atoms with Crippen molar-refractivity contribution in [1.82, 2.24) is 5.32 Å². The lowest BCUT2D eigenvalue weighted by Gasteiger charge is -2.08. The Hall–Kier alpha value is 0.500. The van der Waals surface area contributed by atoms with Gasteiger partial charge in [-0.2, -0.15) is 0 Å². The Labute approximate surface area is 73.7 Å². The molecule has 0 aromatic heterocycles. The molecule has 1 saturated carbocycles. The minimum absolute atomic E-state index is 0. The van der Waals surface area contributed by atoms with E-state index >= 15 is 0 Å².